The van der Waals surface area contributed by atoms with Crippen molar-refractivity contribution in [1.82, 2.24) is 0 Å². The lowest BCUT2D eigenvalue weighted by molar-refractivity contribution is 0.580. The van der Waals surface area contributed by atoms with Crippen molar-refractivity contribution in [1.29, 1.82) is 0 Å². The fourth-order valence-electron chi connectivity index (χ4n) is 1.65. The number of halogens is 4. The molecule has 0 aromatic heterocycles. The number of rotatable bonds is 1. The first-order chi connectivity index (χ1) is 7.99. The van der Waals surface area contributed by atoms with Gasteiger partial charge in [0.2, 0.25) is 0 Å². The Kier molecular flexibility index (Phi) is 3.24. The molecule has 17 heavy (non-hydrogen) atoms. The van der Waals surface area contributed by atoms with Crippen LogP contribution in [0.3, 0.4) is 0 Å². The van der Waals surface area contributed by atoms with Crippen LogP contribution in [0.15, 0.2) is 34.8 Å². The van der Waals surface area contributed by atoms with E-state index in [4.69, 9.17) is 0 Å². The monoisotopic (exact) mass is 300 g/mol. The van der Waals surface area contributed by atoms with E-state index < -0.39 is 17.5 Å². The summed E-state index contributed by atoms with van der Waals surface area (Å²) in [5.74, 6) is -2.19. The summed E-state index contributed by atoms with van der Waals surface area (Å²) in [5.41, 5.74) is 0.0305. The number of hydrogen-bond acceptors (Lipinski definition) is 0. The van der Waals surface area contributed by atoms with Crippen molar-refractivity contribution in [2.45, 2.75) is 6.92 Å². The van der Waals surface area contributed by atoms with Crippen LogP contribution in [0, 0.1) is 24.4 Å². The average molecular weight is 301 g/mol. The molecule has 0 bridgehead atoms. The summed E-state index contributed by atoms with van der Waals surface area (Å²) in [7, 11) is 0. The van der Waals surface area contributed by atoms with E-state index in [1.165, 1.54) is 24.3 Å². The van der Waals surface area contributed by atoms with Gasteiger partial charge in [0, 0.05) is 10.0 Å². The third-order valence-corrected chi connectivity index (χ3v) is 2.88. The molecule has 2 rings (SSSR count). The Labute approximate surface area is 105 Å². The number of hydrogen-bond donors (Lipinski definition) is 0. The van der Waals surface area contributed by atoms with Crippen LogP contribution in [-0.4, -0.2) is 0 Å². The van der Waals surface area contributed by atoms with Crippen LogP contribution < -0.4 is 0 Å². The Bertz CT molecular complexity index is 556. The van der Waals surface area contributed by atoms with Gasteiger partial charge >= 0.3 is 0 Å². The van der Waals surface area contributed by atoms with Crippen molar-refractivity contribution in [3.05, 3.63) is 57.8 Å². The van der Waals surface area contributed by atoms with E-state index in [1.807, 2.05) is 0 Å². The molecular formula is C13H8BrF3. The van der Waals surface area contributed by atoms with E-state index in [2.05, 4.69) is 15.9 Å². The Hall–Kier alpha value is -1.29. The number of aryl methyl sites for hydroxylation is 1. The van der Waals surface area contributed by atoms with Crippen LogP contribution in [0.4, 0.5) is 13.2 Å². The Morgan fingerprint density at radius 1 is 0.882 bits per heavy atom. The third-order valence-electron chi connectivity index (χ3n) is 2.38. The first-order valence-corrected chi connectivity index (χ1v) is 5.69. The second kappa shape index (κ2) is 4.53. The van der Waals surface area contributed by atoms with E-state index in [0.29, 0.717) is 10.0 Å². The summed E-state index contributed by atoms with van der Waals surface area (Å²) in [4.78, 5) is 0. The largest absolute Gasteiger partial charge is 0.206 e. The maximum Gasteiger partial charge on any atom is 0.134 e. The first kappa shape index (κ1) is 12.2. The molecule has 0 nitrogen and oxygen atoms in total. The molecule has 0 radical (unpaired) electrons. The van der Waals surface area contributed by atoms with Gasteiger partial charge in [0.15, 0.2) is 0 Å². The van der Waals surface area contributed by atoms with Gasteiger partial charge in [-0.2, -0.15) is 0 Å². The zero-order valence-corrected chi connectivity index (χ0v) is 10.5. The molecule has 0 aliphatic heterocycles. The van der Waals surface area contributed by atoms with Gasteiger partial charge in [-0.15, -0.1) is 0 Å². The van der Waals surface area contributed by atoms with Crippen LogP contribution in [0.5, 0.6) is 0 Å². The summed E-state index contributed by atoms with van der Waals surface area (Å²) < 4.78 is 41.5. The molecule has 2 aromatic carbocycles. The minimum atomic E-state index is -0.764. The molecule has 0 N–H and O–H groups in total. The highest BCUT2D eigenvalue weighted by atomic mass is 79.9. The summed E-state index contributed by atoms with van der Waals surface area (Å²) >= 11 is 3.15. The standard InChI is InChI=1S/C13H8BrF3/c1-7-4-11(16)13(12(17)5-7)9-6-8(14)2-3-10(9)15/h2-6H,1H3. The molecule has 4 heteroatoms. The molecular weight excluding hydrogens is 293 g/mol. The van der Waals surface area contributed by atoms with Crippen molar-refractivity contribution in [3.8, 4) is 11.1 Å². The lowest BCUT2D eigenvalue weighted by Crippen LogP contribution is -1.94. The van der Waals surface area contributed by atoms with Crippen LogP contribution in [0.25, 0.3) is 11.1 Å². The molecule has 0 atom stereocenters. The average Bonchev–Trinajstić information content (AvgIpc) is 2.21. The molecule has 0 heterocycles. The second-order valence-electron chi connectivity index (χ2n) is 3.73. The summed E-state index contributed by atoms with van der Waals surface area (Å²) in [6.45, 7) is 1.58. The van der Waals surface area contributed by atoms with Gasteiger partial charge in [0.05, 0.1) is 5.56 Å². The smallest absolute Gasteiger partial charge is 0.134 e. The van der Waals surface area contributed by atoms with E-state index in [1.54, 1.807) is 6.92 Å². The van der Waals surface area contributed by atoms with Gasteiger partial charge in [0.25, 0.3) is 0 Å². The molecule has 0 aliphatic carbocycles. The summed E-state index contributed by atoms with van der Waals surface area (Å²) in [6, 6.07) is 6.35. The highest BCUT2D eigenvalue weighted by molar-refractivity contribution is 9.10. The maximum atomic E-state index is 13.7. The van der Waals surface area contributed by atoms with E-state index >= 15 is 0 Å². The molecule has 0 unspecified atom stereocenters. The van der Waals surface area contributed by atoms with E-state index in [-0.39, 0.29) is 11.1 Å². The molecule has 0 aliphatic rings. The lowest BCUT2D eigenvalue weighted by Gasteiger charge is -2.08. The van der Waals surface area contributed by atoms with Crippen molar-refractivity contribution in [2.24, 2.45) is 0 Å². The van der Waals surface area contributed by atoms with Crippen LogP contribution >= 0.6 is 15.9 Å². The highest BCUT2D eigenvalue weighted by Gasteiger charge is 2.16. The topological polar surface area (TPSA) is 0 Å². The van der Waals surface area contributed by atoms with Gasteiger partial charge in [-0.1, -0.05) is 15.9 Å². The minimum absolute atomic E-state index is 0.0885. The van der Waals surface area contributed by atoms with Crippen LogP contribution in [0.2, 0.25) is 0 Å². The molecule has 0 saturated heterocycles. The summed E-state index contributed by atoms with van der Waals surface area (Å²) in [6.07, 6.45) is 0. The van der Waals surface area contributed by atoms with Gasteiger partial charge in [0.1, 0.15) is 17.5 Å². The maximum absolute atomic E-state index is 13.7. The van der Waals surface area contributed by atoms with Gasteiger partial charge < -0.3 is 0 Å². The molecule has 2 aromatic rings. The third kappa shape index (κ3) is 2.36. The molecule has 0 saturated carbocycles. The van der Waals surface area contributed by atoms with Crippen molar-refractivity contribution in [2.75, 3.05) is 0 Å². The predicted molar refractivity (Wildman–Crippen MR) is 64.2 cm³/mol. The Morgan fingerprint density at radius 2 is 1.47 bits per heavy atom. The zero-order valence-electron chi connectivity index (χ0n) is 8.90. The number of benzene rings is 2. The fraction of sp³-hybridized carbons (Fsp3) is 0.0769. The lowest BCUT2D eigenvalue weighted by atomic mass is 10.0. The highest BCUT2D eigenvalue weighted by Crippen LogP contribution is 2.31. The Balaban J connectivity index is 2.72. The fourth-order valence-corrected chi connectivity index (χ4v) is 2.01. The quantitative estimate of drug-likeness (QED) is 0.707. The van der Waals surface area contributed by atoms with Crippen LogP contribution in [0.1, 0.15) is 5.56 Å². The summed E-state index contributed by atoms with van der Waals surface area (Å²) in [5, 5.41) is 0. The van der Waals surface area contributed by atoms with E-state index in [9.17, 15) is 13.2 Å². The minimum Gasteiger partial charge on any atom is -0.206 e. The van der Waals surface area contributed by atoms with Crippen molar-refractivity contribution >= 4 is 15.9 Å². The van der Waals surface area contributed by atoms with Gasteiger partial charge in [-0.05, 0) is 42.8 Å². The molecule has 88 valence electrons. The van der Waals surface area contributed by atoms with Crippen molar-refractivity contribution < 1.29 is 13.2 Å². The van der Waals surface area contributed by atoms with Gasteiger partial charge in [-0.25, -0.2) is 13.2 Å². The molecule has 0 spiro atoms. The molecule has 0 amide bonds. The Morgan fingerprint density at radius 3 is 2.06 bits per heavy atom. The predicted octanol–water partition coefficient (Wildman–Crippen LogP) is 4.84. The van der Waals surface area contributed by atoms with Gasteiger partial charge in [-0.3, -0.25) is 0 Å². The van der Waals surface area contributed by atoms with Crippen molar-refractivity contribution in [3.63, 3.8) is 0 Å². The van der Waals surface area contributed by atoms with Crippen LogP contribution in [-0.2, 0) is 0 Å². The van der Waals surface area contributed by atoms with E-state index in [0.717, 1.165) is 6.07 Å². The second-order valence-corrected chi connectivity index (χ2v) is 4.64. The molecule has 0 fully saturated rings. The normalized spacial score (nSPS) is 10.6. The first-order valence-electron chi connectivity index (χ1n) is 4.90. The SMILES string of the molecule is Cc1cc(F)c(-c2cc(Br)ccc2F)c(F)c1. The zero-order chi connectivity index (χ0) is 12.6.